The van der Waals surface area contributed by atoms with Gasteiger partial charge in [0.25, 0.3) is 0 Å². The average Bonchev–Trinajstić information content (AvgIpc) is 2.15. The summed E-state index contributed by atoms with van der Waals surface area (Å²) in [4.78, 5) is 0.253. The molecule has 1 rings (SSSR count). The molecule has 0 atom stereocenters. The highest BCUT2D eigenvalue weighted by Gasteiger charge is 2.18. The van der Waals surface area contributed by atoms with Crippen LogP contribution in [0.5, 0.6) is 0 Å². The summed E-state index contributed by atoms with van der Waals surface area (Å²) in [7, 11) is -3.18. The van der Waals surface area contributed by atoms with E-state index in [2.05, 4.69) is 0 Å². The van der Waals surface area contributed by atoms with Crippen LogP contribution >= 0.6 is 0 Å². The minimum atomic E-state index is -3.18. The molecule has 0 heterocycles. The third-order valence-electron chi connectivity index (χ3n) is 2.24. The van der Waals surface area contributed by atoms with Gasteiger partial charge >= 0.3 is 0 Å². The first-order valence-electron chi connectivity index (χ1n) is 5.22. The van der Waals surface area contributed by atoms with E-state index in [0.717, 1.165) is 11.0 Å². The Hall–Kier alpha value is -1.36. The van der Waals surface area contributed by atoms with Crippen molar-refractivity contribution in [3.8, 4) is 0 Å². The zero-order chi connectivity index (χ0) is 13.3. The van der Waals surface area contributed by atoms with Gasteiger partial charge in [0.2, 0.25) is 0 Å². The van der Waals surface area contributed by atoms with Crippen molar-refractivity contribution in [3.05, 3.63) is 35.0 Å². The molecule has 0 saturated heterocycles. The molecule has 0 amide bonds. The van der Waals surface area contributed by atoms with Crippen molar-refractivity contribution in [1.82, 2.24) is 0 Å². The summed E-state index contributed by atoms with van der Waals surface area (Å²) in [5, 5.41) is 11.7. The van der Waals surface area contributed by atoms with Gasteiger partial charge in [-0.25, -0.2) is 13.2 Å². The minimum absolute atomic E-state index is 0.253. The van der Waals surface area contributed by atoms with Crippen molar-refractivity contribution >= 4 is 16.1 Å². The molecule has 0 N–H and O–H groups in total. The van der Waals surface area contributed by atoms with Gasteiger partial charge in [-0.3, -0.25) is 0 Å². The fraction of sp³-hybridized carbons (Fsp3) is 0.417. The molecule has 0 spiro atoms. The number of rotatable bonds is 2. The van der Waals surface area contributed by atoms with Gasteiger partial charge in [0.05, 0.1) is 4.90 Å². The van der Waals surface area contributed by atoms with E-state index < -0.39 is 15.4 Å². The SMILES string of the molecule is CC(C)(C)/[N+]([O-])=C/c1ccc(S(C)(=O)=O)cc1. The zero-order valence-electron chi connectivity index (χ0n) is 10.5. The molecule has 0 aliphatic heterocycles. The molecule has 0 saturated carbocycles. The van der Waals surface area contributed by atoms with Crippen LogP contribution in [0.1, 0.15) is 26.3 Å². The molecule has 0 bridgehead atoms. The van der Waals surface area contributed by atoms with E-state index in [0.29, 0.717) is 5.56 Å². The molecule has 17 heavy (non-hydrogen) atoms. The largest absolute Gasteiger partial charge is 0.623 e. The molecule has 0 radical (unpaired) electrons. The van der Waals surface area contributed by atoms with E-state index in [-0.39, 0.29) is 4.90 Å². The van der Waals surface area contributed by atoms with Crippen molar-refractivity contribution in [2.24, 2.45) is 0 Å². The van der Waals surface area contributed by atoms with E-state index in [1.807, 2.05) is 0 Å². The first-order chi connectivity index (χ1) is 7.60. The van der Waals surface area contributed by atoms with Crippen LogP contribution in [0.2, 0.25) is 0 Å². The third-order valence-corrected chi connectivity index (χ3v) is 3.36. The lowest BCUT2D eigenvalue weighted by molar-refractivity contribution is -0.530. The summed E-state index contributed by atoms with van der Waals surface area (Å²) in [6.45, 7) is 5.42. The number of benzene rings is 1. The Bertz CT molecular complexity index is 522. The van der Waals surface area contributed by atoms with Crippen molar-refractivity contribution in [3.63, 3.8) is 0 Å². The molecule has 0 aliphatic rings. The molecule has 1 aromatic rings. The van der Waals surface area contributed by atoms with Crippen LogP contribution in [-0.2, 0) is 9.84 Å². The summed E-state index contributed by atoms with van der Waals surface area (Å²) in [5.74, 6) is 0. The molecule has 0 aliphatic carbocycles. The van der Waals surface area contributed by atoms with Crippen LogP contribution in [0, 0.1) is 5.21 Å². The van der Waals surface area contributed by atoms with Crippen LogP contribution in [-0.4, -0.2) is 31.2 Å². The summed E-state index contributed by atoms with van der Waals surface area (Å²) in [6, 6.07) is 6.23. The van der Waals surface area contributed by atoms with E-state index in [9.17, 15) is 13.6 Å². The lowest BCUT2D eigenvalue weighted by Crippen LogP contribution is -2.29. The molecule has 1 aromatic carbocycles. The maximum Gasteiger partial charge on any atom is 0.182 e. The van der Waals surface area contributed by atoms with Crippen LogP contribution in [0.4, 0.5) is 0 Å². The van der Waals surface area contributed by atoms with Gasteiger partial charge in [-0.1, -0.05) is 0 Å². The van der Waals surface area contributed by atoms with Crippen LogP contribution in [0.15, 0.2) is 29.2 Å². The Morgan fingerprint density at radius 2 is 1.65 bits per heavy atom. The molecule has 5 heteroatoms. The monoisotopic (exact) mass is 255 g/mol. The Labute approximate surface area is 102 Å². The molecule has 0 fully saturated rings. The Morgan fingerprint density at radius 3 is 2.00 bits per heavy atom. The van der Waals surface area contributed by atoms with E-state index in [1.54, 1.807) is 32.9 Å². The van der Waals surface area contributed by atoms with Crippen LogP contribution in [0.3, 0.4) is 0 Å². The van der Waals surface area contributed by atoms with E-state index in [4.69, 9.17) is 0 Å². The lowest BCUT2D eigenvalue weighted by Gasteiger charge is -2.18. The van der Waals surface area contributed by atoms with Crippen molar-refractivity contribution in [1.29, 1.82) is 0 Å². The standard InChI is InChI=1S/C12H17NO3S/c1-12(2,3)13(14)9-10-5-7-11(8-6-10)17(4,15)16/h5-9H,1-4H3/b13-9-. The van der Waals surface area contributed by atoms with Crippen LogP contribution < -0.4 is 0 Å². The fourth-order valence-electron chi connectivity index (χ4n) is 1.13. The second kappa shape index (κ2) is 4.49. The van der Waals surface area contributed by atoms with Gasteiger partial charge in [-0.2, -0.15) is 0 Å². The number of hydrogen-bond donors (Lipinski definition) is 0. The van der Waals surface area contributed by atoms with Gasteiger partial charge in [0.1, 0.15) is 0 Å². The molecular formula is C12H17NO3S. The summed E-state index contributed by atoms with van der Waals surface area (Å²) in [5.41, 5.74) is 0.178. The lowest BCUT2D eigenvalue weighted by atomic mass is 10.1. The number of hydroxylamine groups is 1. The molecule has 4 nitrogen and oxygen atoms in total. The predicted octanol–water partition coefficient (Wildman–Crippen LogP) is 1.82. The Kier molecular flexibility index (Phi) is 3.62. The van der Waals surface area contributed by atoms with Gasteiger partial charge in [-0.15, -0.1) is 0 Å². The second-order valence-corrected chi connectivity index (χ2v) is 6.98. The normalized spacial score (nSPS) is 13.8. The molecule has 94 valence electrons. The molecule has 0 aromatic heterocycles. The van der Waals surface area contributed by atoms with Crippen LogP contribution in [0.25, 0.3) is 0 Å². The Morgan fingerprint density at radius 1 is 1.18 bits per heavy atom. The number of sulfone groups is 1. The highest BCUT2D eigenvalue weighted by atomic mass is 32.2. The first-order valence-corrected chi connectivity index (χ1v) is 7.11. The van der Waals surface area contributed by atoms with Crippen molar-refractivity contribution < 1.29 is 13.2 Å². The highest BCUT2D eigenvalue weighted by molar-refractivity contribution is 7.90. The topological polar surface area (TPSA) is 60.2 Å². The van der Waals surface area contributed by atoms with Crippen molar-refractivity contribution in [2.45, 2.75) is 31.2 Å². The summed E-state index contributed by atoms with van der Waals surface area (Å²) >= 11 is 0. The maximum atomic E-state index is 11.7. The predicted molar refractivity (Wildman–Crippen MR) is 68.1 cm³/mol. The van der Waals surface area contributed by atoms with Gasteiger partial charge in [0.15, 0.2) is 21.6 Å². The highest BCUT2D eigenvalue weighted by Crippen LogP contribution is 2.10. The number of hydrogen-bond acceptors (Lipinski definition) is 3. The third kappa shape index (κ3) is 3.85. The first kappa shape index (κ1) is 13.7. The van der Waals surface area contributed by atoms with Gasteiger partial charge in [-0.05, 0) is 24.3 Å². The average molecular weight is 255 g/mol. The molecular weight excluding hydrogens is 238 g/mol. The fourth-order valence-corrected chi connectivity index (χ4v) is 1.76. The quantitative estimate of drug-likeness (QED) is 0.350. The number of nitrogens with zero attached hydrogens (tertiary/aromatic N) is 1. The van der Waals surface area contributed by atoms with E-state index >= 15 is 0 Å². The zero-order valence-corrected chi connectivity index (χ0v) is 11.3. The smallest absolute Gasteiger partial charge is 0.182 e. The van der Waals surface area contributed by atoms with Crippen molar-refractivity contribution in [2.75, 3.05) is 6.26 Å². The van der Waals surface area contributed by atoms with E-state index in [1.165, 1.54) is 18.3 Å². The maximum absolute atomic E-state index is 11.7. The minimum Gasteiger partial charge on any atom is -0.623 e. The summed E-state index contributed by atoms with van der Waals surface area (Å²) in [6.07, 6.45) is 2.60. The molecule has 0 unspecified atom stereocenters. The summed E-state index contributed by atoms with van der Waals surface area (Å²) < 4.78 is 23.3. The van der Waals surface area contributed by atoms with Gasteiger partial charge < -0.3 is 5.21 Å². The van der Waals surface area contributed by atoms with Gasteiger partial charge in [0, 0.05) is 32.6 Å². The second-order valence-electron chi connectivity index (χ2n) is 4.97. The Balaban J connectivity index is 3.06.